The molecule has 136 valence electrons. The Kier molecular flexibility index (Phi) is 5.00. The van der Waals surface area contributed by atoms with Gasteiger partial charge in [-0.1, -0.05) is 0 Å². The second kappa shape index (κ2) is 7.19. The number of nitrogens with one attached hydrogen (secondary N) is 1. The fraction of sp³-hybridized carbons (Fsp3) is 0.600. The largest absolute Gasteiger partial charge is 0.382 e. The first kappa shape index (κ1) is 17.4. The van der Waals surface area contributed by atoms with E-state index in [9.17, 15) is 10.1 Å². The van der Waals surface area contributed by atoms with Gasteiger partial charge in [0.2, 0.25) is 5.52 Å². The number of nitro benzene ring substituents is 1. The first-order valence-corrected chi connectivity index (χ1v) is 8.23. The topological polar surface area (TPSA) is 104 Å². The second-order valence-electron chi connectivity index (χ2n) is 6.53. The summed E-state index contributed by atoms with van der Waals surface area (Å²) in [5, 5.41) is 22.6. The summed E-state index contributed by atoms with van der Waals surface area (Å²) in [5.41, 5.74) is 1.81. The molecule has 1 N–H and O–H groups in total. The van der Waals surface area contributed by atoms with E-state index in [1.54, 1.807) is 6.07 Å². The molecule has 3 rings (SSSR count). The van der Waals surface area contributed by atoms with Gasteiger partial charge < -0.3 is 20.0 Å². The molecule has 1 aromatic heterocycles. The van der Waals surface area contributed by atoms with Crippen molar-refractivity contribution < 1.29 is 9.55 Å². The molecule has 0 spiro atoms. The van der Waals surface area contributed by atoms with E-state index in [0.29, 0.717) is 23.4 Å². The molecular formula is C15H23N7O3. The Morgan fingerprint density at radius 1 is 1.28 bits per heavy atom. The molecule has 10 heteroatoms. The van der Waals surface area contributed by atoms with E-state index in [1.807, 2.05) is 26.0 Å². The van der Waals surface area contributed by atoms with Gasteiger partial charge in [-0.25, -0.2) is 4.63 Å². The first-order chi connectivity index (χ1) is 12.0. The highest BCUT2D eigenvalue weighted by molar-refractivity contribution is 5.99. The highest BCUT2D eigenvalue weighted by Gasteiger charge is 2.30. The lowest BCUT2D eigenvalue weighted by Crippen LogP contribution is -2.44. The van der Waals surface area contributed by atoms with E-state index >= 15 is 0 Å². The molecule has 0 radical (unpaired) electrons. The Morgan fingerprint density at radius 3 is 2.60 bits per heavy atom. The minimum Gasteiger partial charge on any atom is -0.382 e. The van der Waals surface area contributed by atoms with Crippen LogP contribution in [0.15, 0.2) is 10.7 Å². The molecule has 1 aliphatic rings. The van der Waals surface area contributed by atoms with Crippen LogP contribution in [0.3, 0.4) is 0 Å². The zero-order chi connectivity index (χ0) is 18.0. The van der Waals surface area contributed by atoms with Crippen molar-refractivity contribution in [3.05, 3.63) is 16.2 Å². The Morgan fingerprint density at radius 2 is 1.96 bits per heavy atom. The fourth-order valence-corrected chi connectivity index (χ4v) is 2.93. The van der Waals surface area contributed by atoms with Crippen molar-refractivity contribution in [1.29, 1.82) is 0 Å². The zero-order valence-corrected chi connectivity index (χ0v) is 14.7. The van der Waals surface area contributed by atoms with Gasteiger partial charge in [0.1, 0.15) is 5.69 Å². The van der Waals surface area contributed by atoms with E-state index in [-0.39, 0.29) is 11.2 Å². The average molecular weight is 349 g/mol. The molecule has 0 amide bonds. The monoisotopic (exact) mass is 349 g/mol. The highest BCUT2D eigenvalue weighted by atomic mass is 16.6. The Balaban J connectivity index is 2.00. The molecule has 1 saturated heterocycles. The van der Waals surface area contributed by atoms with Crippen molar-refractivity contribution in [3.63, 3.8) is 0 Å². The quantitative estimate of drug-likeness (QED) is 0.600. The minimum atomic E-state index is -0.399. The SMILES string of the molecule is CN(C)CCNc1cc(N2CCN(C)CC2)c([N+](=O)[O-])c2nonc12. The first-order valence-electron chi connectivity index (χ1n) is 8.23. The van der Waals surface area contributed by atoms with Gasteiger partial charge in [-0.05, 0) is 37.5 Å². The highest BCUT2D eigenvalue weighted by Crippen LogP contribution is 2.39. The summed E-state index contributed by atoms with van der Waals surface area (Å²) >= 11 is 0. The number of rotatable bonds is 6. The molecule has 10 nitrogen and oxygen atoms in total. The third-order valence-electron chi connectivity index (χ3n) is 4.39. The van der Waals surface area contributed by atoms with Crippen LogP contribution in [0, 0.1) is 10.1 Å². The summed E-state index contributed by atoms with van der Waals surface area (Å²) in [6, 6.07) is 1.80. The number of nitro groups is 1. The van der Waals surface area contributed by atoms with Gasteiger partial charge in [0.15, 0.2) is 5.52 Å². The van der Waals surface area contributed by atoms with Crippen LogP contribution in [0.1, 0.15) is 0 Å². The van der Waals surface area contributed by atoms with Crippen LogP contribution in [0.2, 0.25) is 0 Å². The molecule has 1 aliphatic heterocycles. The molecule has 0 saturated carbocycles. The molecule has 0 bridgehead atoms. The summed E-state index contributed by atoms with van der Waals surface area (Å²) in [6.45, 7) is 4.68. The van der Waals surface area contributed by atoms with E-state index in [1.165, 1.54) is 0 Å². The van der Waals surface area contributed by atoms with E-state index in [0.717, 1.165) is 32.7 Å². The minimum absolute atomic E-state index is 0.0426. The number of hydrogen-bond acceptors (Lipinski definition) is 9. The molecule has 25 heavy (non-hydrogen) atoms. The van der Waals surface area contributed by atoms with Gasteiger partial charge in [0, 0.05) is 39.3 Å². The van der Waals surface area contributed by atoms with Gasteiger partial charge in [-0.15, -0.1) is 0 Å². The van der Waals surface area contributed by atoms with Crippen molar-refractivity contribution in [2.45, 2.75) is 0 Å². The molecule has 0 aliphatic carbocycles. The predicted molar refractivity (Wildman–Crippen MR) is 95.2 cm³/mol. The summed E-state index contributed by atoms with van der Waals surface area (Å²) < 4.78 is 4.80. The summed E-state index contributed by atoms with van der Waals surface area (Å²) in [7, 11) is 6.02. The number of fused-ring (bicyclic) bond motifs is 1. The third-order valence-corrected chi connectivity index (χ3v) is 4.39. The lowest BCUT2D eigenvalue weighted by atomic mass is 10.1. The van der Waals surface area contributed by atoms with Crippen molar-refractivity contribution in [3.8, 4) is 0 Å². The standard InChI is InChI=1S/C15H23N7O3/c1-19(2)5-4-16-11-10-12(21-8-6-20(3)7-9-21)15(22(23)24)14-13(11)17-25-18-14/h10,16H,4-9H2,1-3H3. The summed E-state index contributed by atoms with van der Waals surface area (Å²) in [4.78, 5) is 17.6. The van der Waals surface area contributed by atoms with Gasteiger partial charge in [0.25, 0.3) is 0 Å². The lowest BCUT2D eigenvalue weighted by molar-refractivity contribution is -0.382. The molecule has 1 fully saturated rings. The number of hydrogen-bond donors (Lipinski definition) is 1. The van der Waals surface area contributed by atoms with Crippen LogP contribution in [0.5, 0.6) is 0 Å². The Bertz CT molecular complexity index is 753. The van der Waals surface area contributed by atoms with Crippen LogP contribution in [0.4, 0.5) is 17.1 Å². The number of piperazine rings is 1. The number of aromatic nitrogens is 2. The number of benzene rings is 1. The maximum Gasteiger partial charge on any atom is 0.323 e. The molecular weight excluding hydrogens is 326 g/mol. The van der Waals surface area contributed by atoms with Crippen molar-refractivity contribution >= 4 is 28.1 Å². The van der Waals surface area contributed by atoms with Gasteiger partial charge in [-0.3, -0.25) is 10.1 Å². The van der Waals surface area contributed by atoms with Gasteiger partial charge in [-0.2, -0.15) is 0 Å². The van der Waals surface area contributed by atoms with Crippen LogP contribution < -0.4 is 10.2 Å². The zero-order valence-electron chi connectivity index (χ0n) is 14.7. The van der Waals surface area contributed by atoms with Gasteiger partial charge >= 0.3 is 5.69 Å². The maximum atomic E-state index is 11.7. The van der Waals surface area contributed by atoms with E-state index in [2.05, 4.69) is 25.4 Å². The molecule has 1 aromatic carbocycles. The van der Waals surface area contributed by atoms with Crippen LogP contribution in [-0.4, -0.2) is 85.4 Å². The molecule has 0 atom stereocenters. The summed E-state index contributed by atoms with van der Waals surface area (Å²) in [6.07, 6.45) is 0. The Hall–Kier alpha value is -2.46. The van der Waals surface area contributed by atoms with Crippen molar-refractivity contribution in [2.24, 2.45) is 0 Å². The van der Waals surface area contributed by atoms with E-state index < -0.39 is 4.92 Å². The average Bonchev–Trinajstić information content (AvgIpc) is 3.04. The normalized spacial score (nSPS) is 15.9. The van der Waals surface area contributed by atoms with Crippen LogP contribution >= 0.6 is 0 Å². The van der Waals surface area contributed by atoms with Crippen molar-refractivity contribution in [2.75, 3.05) is 70.6 Å². The fourth-order valence-electron chi connectivity index (χ4n) is 2.93. The third kappa shape index (κ3) is 3.64. The van der Waals surface area contributed by atoms with Crippen LogP contribution in [-0.2, 0) is 0 Å². The smallest absolute Gasteiger partial charge is 0.323 e. The molecule has 0 unspecified atom stereocenters. The number of nitrogens with zero attached hydrogens (tertiary/aromatic N) is 6. The van der Waals surface area contributed by atoms with Crippen LogP contribution in [0.25, 0.3) is 11.0 Å². The van der Waals surface area contributed by atoms with Crippen molar-refractivity contribution in [1.82, 2.24) is 20.1 Å². The van der Waals surface area contributed by atoms with E-state index in [4.69, 9.17) is 4.63 Å². The lowest BCUT2D eigenvalue weighted by Gasteiger charge is -2.33. The molecule has 2 aromatic rings. The van der Waals surface area contributed by atoms with Gasteiger partial charge in [0.05, 0.1) is 10.6 Å². The second-order valence-corrected chi connectivity index (χ2v) is 6.53. The predicted octanol–water partition coefficient (Wildman–Crippen LogP) is 0.856. The molecule has 2 heterocycles. The Labute approximate surface area is 145 Å². The number of likely N-dealkylation sites (N-methyl/N-ethyl adjacent to an activating group) is 2. The number of anilines is 2. The summed E-state index contributed by atoms with van der Waals surface area (Å²) in [5.74, 6) is 0. The maximum absolute atomic E-state index is 11.7.